The van der Waals surface area contributed by atoms with E-state index in [1.54, 1.807) is 30.6 Å². The lowest BCUT2D eigenvalue weighted by molar-refractivity contribution is -0.123. The van der Waals surface area contributed by atoms with Crippen LogP contribution in [0.15, 0.2) is 59.4 Å². The van der Waals surface area contributed by atoms with Crippen LogP contribution in [-0.4, -0.2) is 34.0 Å². The Hall–Kier alpha value is -3.26. The van der Waals surface area contributed by atoms with E-state index < -0.39 is 4.87 Å². The van der Waals surface area contributed by atoms with E-state index in [1.165, 1.54) is 21.3 Å². The predicted octanol–water partition coefficient (Wildman–Crippen LogP) is 2.39. The van der Waals surface area contributed by atoms with Gasteiger partial charge in [0.1, 0.15) is 5.69 Å². The molecule has 0 radical (unpaired) electrons. The van der Waals surface area contributed by atoms with Crippen molar-refractivity contribution in [3.05, 3.63) is 76.2 Å². The highest BCUT2D eigenvalue weighted by molar-refractivity contribution is 8.02. The van der Waals surface area contributed by atoms with Crippen LogP contribution in [0.25, 0.3) is 5.69 Å². The molecule has 0 bridgehead atoms. The number of hydrogen-bond donors (Lipinski definition) is 0. The van der Waals surface area contributed by atoms with Crippen LogP contribution >= 0.6 is 11.8 Å². The Morgan fingerprint density at radius 2 is 1.60 bits per heavy atom. The highest BCUT2D eigenvalue weighted by Crippen LogP contribution is 2.55. The molecule has 2 aliphatic heterocycles. The number of benzene rings is 2. The second-order valence-electron chi connectivity index (χ2n) is 7.45. The highest BCUT2D eigenvalue weighted by Gasteiger charge is 2.61. The van der Waals surface area contributed by atoms with Gasteiger partial charge < -0.3 is 4.90 Å². The third-order valence-corrected chi connectivity index (χ3v) is 7.33. The zero-order valence-corrected chi connectivity index (χ0v) is 17.6. The first kappa shape index (κ1) is 18.7. The standard InChI is InChI=1S/C22H20N4O3S/c1-14-19(20(28)26(24(14)3)15-9-5-4-6-10-15)25-18(27)13-30-22(25)16-11-7-8-12-17(16)23(2)21(22)29/h4-12H,13H2,1-3H3. The largest absolute Gasteiger partial charge is 0.312 e. The maximum atomic E-state index is 13.6. The molecule has 5 rings (SSSR count). The van der Waals surface area contributed by atoms with Gasteiger partial charge in [-0.15, -0.1) is 11.8 Å². The number of rotatable bonds is 2. The van der Waals surface area contributed by atoms with Gasteiger partial charge in [-0.1, -0.05) is 36.4 Å². The summed E-state index contributed by atoms with van der Waals surface area (Å²) < 4.78 is 3.26. The van der Waals surface area contributed by atoms with Crippen molar-refractivity contribution in [2.24, 2.45) is 7.05 Å². The van der Waals surface area contributed by atoms with Crippen molar-refractivity contribution >= 4 is 35.0 Å². The van der Waals surface area contributed by atoms with E-state index >= 15 is 0 Å². The van der Waals surface area contributed by atoms with Crippen molar-refractivity contribution < 1.29 is 9.59 Å². The molecule has 0 aliphatic carbocycles. The summed E-state index contributed by atoms with van der Waals surface area (Å²) in [6, 6.07) is 16.7. The van der Waals surface area contributed by atoms with Crippen LogP contribution in [0, 0.1) is 6.92 Å². The zero-order chi connectivity index (χ0) is 21.2. The van der Waals surface area contributed by atoms with Crippen molar-refractivity contribution in [2.45, 2.75) is 11.8 Å². The Morgan fingerprint density at radius 1 is 0.933 bits per heavy atom. The normalized spacial score (nSPS) is 20.5. The highest BCUT2D eigenvalue weighted by atomic mass is 32.2. The smallest absolute Gasteiger partial charge is 0.295 e. The van der Waals surface area contributed by atoms with E-state index in [2.05, 4.69) is 0 Å². The molecule has 1 spiro atoms. The molecule has 0 saturated carbocycles. The van der Waals surface area contributed by atoms with Crippen molar-refractivity contribution in [1.82, 2.24) is 9.36 Å². The molecule has 2 aliphatic rings. The number of anilines is 2. The fourth-order valence-electron chi connectivity index (χ4n) is 4.42. The van der Waals surface area contributed by atoms with Gasteiger partial charge in [0.2, 0.25) is 10.8 Å². The molecule has 1 aromatic heterocycles. The van der Waals surface area contributed by atoms with E-state index in [1.807, 2.05) is 54.6 Å². The van der Waals surface area contributed by atoms with E-state index in [0.717, 1.165) is 11.3 Å². The molecular formula is C22H20N4O3S. The Balaban J connectivity index is 1.78. The number of amides is 2. The maximum absolute atomic E-state index is 13.6. The lowest BCUT2D eigenvalue weighted by Crippen LogP contribution is -2.50. The van der Waals surface area contributed by atoms with Gasteiger partial charge >= 0.3 is 0 Å². The van der Waals surface area contributed by atoms with Crippen LogP contribution in [0.5, 0.6) is 0 Å². The molecule has 7 nitrogen and oxygen atoms in total. The Labute approximate surface area is 177 Å². The Morgan fingerprint density at radius 3 is 2.33 bits per heavy atom. The summed E-state index contributed by atoms with van der Waals surface area (Å²) in [7, 11) is 3.49. The molecule has 1 fully saturated rings. The number of fused-ring (bicyclic) bond motifs is 2. The predicted molar refractivity (Wildman–Crippen MR) is 117 cm³/mol. The van der Waals surface area contributed by atoms with E-state index in [0.29, 0.717) is 11.4 Å². The third-order valence-electron chi connectivity index (χ3n) is 5.94. The summed E-state index contributed by atoms with van der Waals surface area (Å²) in [4.78, 5) is 42.0. The minimum absolute atomic E-state index is 0.132. The molecule has 0 N–H and O–H groups in total. The molecule has 3 heterocycles. The van der Waals surface area contributed by atoms with Crippen LogP contribution in [0.4, 0.5) is 11.4 Å². The number of para-hydroxylation sites is 2. The molecule has 3 aromatic rings. The van der Waals surface area contributed by atoms with Gasteiger partial charge in [-0.2, -0.15) is 0 Å². The average Bonchev–Trinajstić information content (AvgIpc) is 3.29. The number of nitrogens with zero attached hydrogens (tertiary/aromatic N) is 4. The number of likely N-dealkylation sites (N-methyl/N-ethyl adjacent to an activating group) is 1. The summed E-state index contributed by atoms with van der Waals surface area (Å²) in [5.74, 6) is -0.328. The number of carbonyl (C=O) groups is 2. The molecular weight excluding hydrogens is 400 g/mol. The van der Waals surface area contributed by atoms with Crippen LogP contribution < -0.4 is 15.4 Å². The summed E-state index contributed by atoms with van der Waals surface area (Å²) in [6.45, 7) is 1.80. The quantitative estimate of drug-likeness (QED) is 0.639. The van der Waals surface area contributed by atoms with Gasteiger partial charge in [0.15, 0.2) is 0 Å². The molecule has 30 heavy (non-hydrogen) atoms. The zero-order valence-electron chi connectivity index (χ0n) is 16.8. The average molecular weight is 420 g/mol. The molecule has 1 saturated heterocycles. The summed E-state index contributed by atoms with van der Waals surface area (Å²) in [6.07, 6.45) is 0. The monoisotopic (exact) mass is 420 g/mol. The summed E-state index contributed by atoms with van der Waals surface area (Å²) >= 11 is 1.27. The van der Waals surface area contributed by atoms with Crippen LogP contribution in [-0.2, 0) is 21.5 Å². The van der Waals surface area contributed by atoms with Gasteiger partial charge in [-0.25, -0.2) is 4.68 Å². The molecule has 1 unspecified atom stereocenters. The van der Waals surface area contributed by atoms with Crippen LogP contribution in [0.3, 0.4) is 0 Å². The van der Waals surface area contributed by atoms with E-state index in [9.17, 15) is 14.4 Å². The minimum Gasteiger partial charge on any atom is -0.312 e. The molecule has 1 atom stereocenters. The first-order valence-corrected chi connectivity index (χ1v) is 10.6. The lowest BCUT2D eigenvalue weighted by atomic mass is 10.0. The number of hydrogen-bond acceptors (Lipinski definition) is 4. The first-order chi connectivity index (χ1) is 14.4. The maximum Gasteiger partial charge on any atom is 0.295 e. The van der Waals surface area contributed by atoms with Gasteiger partial charge in [-0.3, -0.25) is 24.0 Å². The third kappa shape index (κ3) is 2.19. The van der Waals surface area contributed by atoms with Crippen molar-refractivity contribution in [3.8, 4) is 5.69 Å². The molecule has 2 amide bonds. The second-order valence-corrected chi connectivity index (χ2v) is 8.62. The van der Waals surface area contributed by atoms with Gasteiger partial charge in [0.05, 0.1) is 22.8 Å². The number of thioether (sulfide) groups is 1. The van der Waals surface area contributed by atoms with Crippen molar-refractivity contribution in [1.29, 1.82) is 0 Å². The fraction of sp³-hybridized carbons (Fsp3) is 0.227. The van der Waals surface area contributed by atoms with Crippen molar-refractivity contribution in [3.63, 3.8) is 0 Å². The Bertz CT molecular complexity index is 1260. The molecule has 8 heteroatoms. The van der Waals surface area contributed by atoms with Crippen LogP contribution in [0.2, 0.25) is 0 Å². The lowest BCUT2D eigenvalue weighted by Gasteiger charge is -2.32. The summed E-state index contributed by atoms with van der Waals surface area (Å²) in [5, 5.41) is 0. The van der Waals surface area contributed by atoms with E-state index in [4.69, 9.17) is 0 Å². The topological polar surface area (TPSA) is 67.6 Å². The van der Waals surface area contributed by atoms with Gasteiger partial charge in [0, 0.05) is 19.7 Å². The molecule has 152 valence electrons. The summed E-state index contributed by atoms with van der Waals surface area (Å²) in [5.41, 5.74) is 2.74. The number of aromatic nitrogens is 2. The van der Waals surface area contributed by atoms with Crippen molar-refractivity contribution in [2.75, 3.05) is 22.6 Å². The molecule has 2 aromatic carbocycles. The second kappa shape index (κ2) is 6.37. The first-order valence-electron chi connectivity index (χ1n) is 9.58. The SMILES string of the molecule is Cc1c(N2C(=O)CSC23C(=O)N(C)c2ccccc23)c(=O)n(-c2ccccc2)n1C. The minimum atomic E-state index is -1.26. The van der Waals surface area contributed by atoms with Gasteiger partial charge in [0.25, 0.3) is 11.5 Å². The Kier molecular flexibility index (Phi) is 3.98. The van der Waals surface area contributed by atoms with E-state index in [-0.39, 0.29) is 28.8 Å². The van der Waals surface area contributed by atoms with Gasteiger partial charge in [-0.05, 0) is 25.1 Å². The van der Waals surface area contributed by atoms with Crippen LogP contribution in [0.1, 0.15) is 11.3 Å². The number of carbonyl (C=O) groups excluding carboxylic acids is 2. The fourth-order valence-corrected chi connectivity index (χ4v) is 5.80.